The number of unbranched alkanes of at least 4 members (excludes halogenated alkanes) is 10. The van der Waals surface area contributed by atoms with Gasteiger partial charge in [0.15, 0.2) is 0 Å². The van der Waals surface area contributed by atoms with Crippen LogP contribution in [0.1, 0.15) is 117 Å². The van der Waals surface area contributed by atoms with Crippen LogP contribution in [0.4, 0.5) is 0 Å². The van der Waals surface area contributed by atoms with Crippen molar-refractivity contribution in [2.24, 2.45) is 0 Å². The summed E-state index contributed by atoms with van der Waals surface area (Å²) in [6, 6.07) is -1.00. The molecule has 0 aliphatic heterocycles. The number of hydrogen-bond donors (Lipinski definition) is 5. The van der Waals surface area contributed by atoms with Gasteiger partial charge in [0.1, 0.15) is 12.2 Å². The fraction of sp³-hybridized carbons (Fsp3) is 0.821. The summed E-state index contributed by atoms with van der Waals surface area (Å²) in [6.07, 6.45) is 20.9. The highest BCUT2D eigenvalue weighted by molar-refractivity contribution is 5.80. The number of hydrogen-bond acceptors (Lipinski definition) is 5. The predicted molar refractivity (Wildman–Crippen MR) is 141 cm³/mol. The van der Waals surface area contributed by atoms with Gasteiger partial charge in [-0.3, -0.25) is 4.79 Å². The summed E-state index contributed by atoms with van der Waals surface area (Å²) >= 11 is 0. The largest absolute Gasteiger partial charge is 0.394 e. The maximum absolute atomic E-state index is 12.2. The smallest absolute Gasteiger partial charge is 0.249 e. The summed E-state index contributed by atoms with van der Waals surface area (Å²) in [5, 5.41) is 42.7. The lowest BCUT2D eigenvalue weighted by molar-refractivity contribution is -0.132. The minimum atomic E-state index is -1.28. The van der Waals surface area contributed by atoms with Crippen molar-refractivity contribution in [1.82, 2.24) is 5.32 Å². The van der Waals surface area contributed by atoms with E-state index in [9.17, 15) is 25.2 Å². The van der Waals surface area contributed by atoms with Crippen LogP contribution < -0.4 is 5.32 Å². The van der Waals surface area contributed by atoms with Crippen LogP contribution in [-0.4, -0.2) is 57.3 Å². The van der Waals surface area contributed by atoms with Crippen molar-refractivity contribution in [1.29, 1.82) is 0 Å². The number of carbonyl (C=O) groups is 1. The highest BCUT2D eigenvalue weighted by Crippen LogP contribution is 2.11. The summed E-state index contributed by atoms with van der Waals surface area (Å²) in [7, 11) is 0. The first-order chi connectivity index (χ1) is 16.5. The Morgan fingerprint density at radius 2 is 1.26 bits per heavy atom. The minimum Gasteiger partial charge on any atom is -0.394 e. The van der Waals surface area contributed by atoms with Crippen molar-refractivity contribution >= 4 is 5.91 Å². The minimum absolute atomic E-state index is 0.331. The van der Waals surface area contributed by atoms with Crippen molar-refractivity contribution in [2.75, 3.05) is 6.61 Å². The standard InChI is InChI=1S/C28H53NO5/c1-3-5-7-9-11-12-13-14-15-16-18-20-22-26(32)28(34)29-24(23-30)27(33)25(31)21-19-17-10-8-6-4-2/h8,10,14-15,24-27,30-33H,3-7,9,11-13,16-23H2,1-2H3,(H,29,34)/b10-8+,15-14-. The van der Waals surface area contributed by atoms with E-state index in [1.54, 1.807) is 0 Å². The quantitative estimate of drug-likeness (QED) is 0.104. The second kappa shape index (κ2) is 23.5. The number of allylic oxidation sites excluding steroid dienone is 4. The molecule has 0 saturated carbocycles. The van der Waals surface area contributed by atoms with Crippen LogP contribution in [0, 0.1) is 0 Å². The number of carbonyl (C=O) groups excluding carboxylic acids is 1. The van der Waals surface area contributed by atoms with E-state index >= 15 is 0 Å². The van der Waals surface area contributed by atoms with Gasteiger partial charge >= 0.3 is 0 Å². The monoisotopic (exact) mass is 483 g/mol. The average molecular weight is 484 g/mol. The Bertz CT molecular complexity index is 523. The lowest BCUT2D eigenvalue weighted by Crippen LogP contribution is -2.53. The highest BCUT2D eigenvalue weighted by atomic mass is 16.3. The van der Waals surface area contributed by atoms with Gasteiger partial charge in [-0.1, -0.05) is 83.1 Å². The van der Waals surface area contributed by atoms with Crippen LogP contribution >= 0.6 is 0 Å². The molecule has 6 nitrogen and oxygen atoms in total. The van der Waals surface area contributed by atoms with E-state index in [4.69, 9.17) is 0 Å². The lowest BCUT2D eigenvalue weighted by atomic mass is 10.00. The Kier molecular flexibility index (Phi) is 22.7. The molecule has 6 heteroatoms. The van der Waals surface area contributed by atoms with Crippen LogP contribution in [0.25, 0.3) is 0 Å². The maximum Gasteiger partial charge on any atom is 0.249 e. The average Bonchev–Trinajstić information content (AvgIpc) is 2.84. The molecule has 0 fully saturated rings. The molecule has 0 aromatic heterocycles. The molecule has 0 aromatic carbocycles. The first kappa shape index (κ1) is 32.8. The Morgan fingerprint density at radius 3 is 1.88 bits per heavy atom. The van der Waals surface area contributed by atoms with Crippen molar-refractivity contribution in [2.45, 2.75) is 141 Å². The Hall–Kier alpha value is -1.21. The number of nitrogens with one attached hydrogen (secondary N) is 1. The van der Waals surface area contributed by atoms with Gasteiger partial charge in [-0.25, -0.2) is 0 Å². The zero-order valence-electron chi connectivity index (χ0n) is 21.8. The molecule has 4 atom stereocenters. The number of aliphatic hydroxyl groups excluding tert-OH is 4. The van der Waals surface area contributed by atoms with E-state index in [0.29, 0.717) is 19.3 Å². The molecule has 0 aromatic rings. The lowest BCUT2D eigenvalue weighted by Gasteiger charge is -2.27. The van der Waals surface area contributed by atoms with Gasteiger partial charge in [-0.05, 0) is 57.8 Å². The van der Waals surface area contributed by atoms with E-state index in [2.05, 4.69) is 43.5 Å². The molecule has 200 valence electrons. The normalized spacial score (nSPS) is 15.6. The molecule has 0 aliphatic rings. The first-order valence-corrected chi connectivity index (χ1v) is 13.7. The molecular weight excluding hydrogens is 430 g/mol. The van der Waals surface area contributed by atoms with Crippen LogP contribution in [0.2, 0.25) is 0 Å². The maximum atomic E-state index is 12.2. The SMILES string of the molecule is CCC/C=C/CCCC(O)C(O)C(CO)NC(=O)C(O)CCCC/C=C\CCCCCCCC. The summed E-state index contributed by atoms with van der Waals surface area (Å²) in [6.45, 7) is 3.84. The molecule has 34 heavy (non-hydrogen) atoms. The predicted octanol–water partition coefficient (Wildman–Crippen LogP) is 4.94. The van der Waals surface area contributed by atoms with Crippen LogP contribution in [-0.2, 0) is 4.79 Å². The van der Waals surface area contributed by atoms with Gasteiger partial charge in [0.05, 0.1) is 18.8 Å². The van der Waals surface area contributed by atoms with Crippen molar-refractivity contribution in [3.63, 3.8) is 0 Å². The molecule has 0 saturated heterocycles. The third-order valence-corrected chi connectivity index (χ3v) is 6.12. The fourth-order valence-electron chi connectivity index (χ4n) is 3.81. The molecule has 0 heterocycles. The Morgan fingerprint density at radius 1 is 0.706 bits per heavy atom. The van der Waals surface area contributed by atoms with Crippen molar-refractivity contribution in [3.8, 4) is 0 Å². The Labute approximate surface area is 208 Å². The van der Waals surface area contributed by atoms with E-state index in [1.807, 2.05) is 0 Å². The van der Waals surface area contributed by atoms with Crippen molar-refractivity contribution in [3.05, 3.63) is 24.3 Å². The molecule has 0 bridgehead atoms. The Balaban J connectivity index is 4.02. The van der Waals surface area contributed by atoms with E-state index in [-0.39, 0.29) is 0 Å². The summed E-state index contributed by atoms with van der Waals surface area (Å²) < 4.78 is 0. The van der Waals surface area contributed by atoms with E-state index < -0.39 is 36.9 Å². The molecular formula is C28H53NO5. The molecule has 4 unspecified atom stereocenters. The molecule has 0 aliphatic carbocycles. The van der Waals surface area contributed by atoms with Gasteiger partial charge in [0.25, 0.3) is 0 Å². The first-order valence-electron chi connectivity index (χ1n) is 13.7. The second-order valence-corrected chi connectivity index (χ2v) is 9.37. The molecule has 5 N–H and O–H groups in total. The third kappa shape index (κ3) is 18.2. The molecule has 0 spiro atoms. The number of amides is 1. The molecule has 0 radical (unpaired) electrons. The highest BCUT2D eigenvalue weighted by Gasteiger charge is 2.28. The zero-order valence-corrected chi connectivity index (χ0v) is 21.8. The van der Waals surface area contributed by atoms with Crippen LogP contribution in [0.3, 0.4) is 0 Å². The van der Waals surface area contributed by atoms with E-state index in [0.717, 1.165) is 44.9 Å². The summed E-state index contributed by atoms with van der Waals surface area (Å²) in [5.74, 6) is -0.619. The molecule has 1 amide bonds. The van der Waals surface area contributed by atoms with Gasteiger partial charge in [0.2, 0.25) is 5.91 Å². The van der Waals surface area contributed by atoms with Gasteiger partial charge in [-0.15, -0.1) is 0 Å². The third-order valence-electron chi connectivity index (χ3n) is 6.12. The number of aliphatic hydroxyl groups is 4. The topological polar surface area (TPSA) is 110 Å². The van der Waals surface area contributed by atoms with Gasteiger partial charge in [-0.2, -0.15) is 0 Å². The summed E-state index contributed by atoms with van der Waals surface area (Å²) in [5.41, 5.74) is 0. The molecule has 0 rings (SSSR count). The number of rotatable bonds is 23. The van der Waals surface area contributed by atoms with E-state index in [1.165, 1.54) is 38.5 Å². The van der Waals surface area contributed by atoms with Gasteiger partial charge < -0.3 is 25.7 Å². The van der Waals surface area contributed by atoms with Crippen molar-refractivity contribution < 1.29 is 25.2 Å². The summed E-state index contributed by atoms with van der Waals surface area (Å²) in [4.78, 5) is 12.2. The van der Waals surface area contributed by atoms with Crippen LogP contribution in [0.15, 0.2) is 24.3 Å². The second-order valence-electron chi connectivity index (χ2n) is 9.37. The van der Waals surface area contributed by atoms with Gasteiger partial charge in [0, 0.05) is 0 Å². The fourth-order valence-corrected chi connectivity index (χ4v) is 3.81. The zero-order chi connectivity index (χ0) is 25.4. The van der Waals surface area contributed by atoms with Crippen LogP contribution in [0.5, 0.6) is 0 Å².